The smallest absolute Gasteiger partial charge is 0.244 e. The average Bonchev–Trinajstić information content (AvgIpc) is 2.75. The maximum Gasteiger partial charge on any atom is 0.244 e. The maximum atomic E-state index is 12.7. The number of carbonyl (C=O) groups excluding carboxylic acids is 1. The van der Waals surface area contributed by atoms with Gasteiger partial charge in [0, 0.05) is 11.6 Å². The minimum Gasteiger partial charge on any atom is -0.347 e. The Kier molecular flexibility index (Phi) is 3.80. The predicted octanol–water partition coefficient (Wildman–Crippen LogP) is 3.29. The van der Waals surface area contributed by atoms with Gasteiger partial charge in [-0.2, -0.15) is 0 Å². The lowest BCUT2D eigenvalue weighted by Crippen LogP contribution is -2.42. The zero-order valence-corrected chi connectivity index (χ0v) is 10.6. The second kappa shape index (κ2) is 5.34. The summed E-state index contributed by atoms with van der Waals surface area (Å²) in [7, 11) is 0. The Morgan fingerprint density at radius 2 is 1.89 bits per heavy atom. The molecule has 1 fully saturated rings. The van der Waals surface area contributed by atoms with Crippen LogP contribution in [0.5, 0.6) is 0 Å². The van der Waals surface area contributed by atoms with E-state index >= 15 is 0 Å². The molecule has 0 atom stereocenters. The van der Waals surface area contributed by atoms with Crippen LogP contribution in [0.25, 0.3) is 6.08 Å². The van der Waals surface area contributed by atoms with E-state index in [4.69, 9.17) is 0 Å². The summed E-state index contributed by atoms with van der Waals surface area (Å²) >= 11 is 0. The predicted molar refractivity (Wildman–Crippen MR) is 70.4 cm³/mol. The third kappa shape index (κ3) is 3.42. The average molecular weight is 247 g/mol. The minimum absolute atomic E-state index is 0.0514. The monoisotopic (exact) mass is 247 g/mol. The minimum atomic E-state index is -0.268. The lowest BCUT2D eigenvalue weighted by atomic mass is 10.0. The van der Waals surface area contributed by atoms with E-state index in [1.807, 2.05) is 0 Å². The van der Waals surface area contributed by atoms with Crippen molar-refractivity contribution < 1.29 is 9.18 Å². The van der Waals surface area contributed by atoms with E-state index in [-0.39, 0.29) is 17.3 Å². The van der Waals surface area contributed by atoms with Crippen LogP contribution < -0.4 is 5.32 Å². The molecule has 96 valence electrons. The zero-order chi connectivity index (χ0) is 13.0. The number of amides is 1. The number of rotatable bonds is 3. The highest BCUT2D eigenvalue weighted by molar-refractivity contribution is 5.92. The second-order valence-electron chi connectivity index (χ2n) is 5.14. The van der Waals surface area contributed by atoms with Crippen molar-refractivity contribution in [1.82, 2.24) is 5.32 Å². The highest BCUT2D eigenvalue weighted by atomic mass is 19.1. The van der Waals surface area contributed by atoms with E-state index in [2.05, 4.69) is 12.2 Å². The van der Waals surface area contributed by atoms with Crippen molar-refractivity contribution in [3.05, 3.63) is 41.7 Å². The molecule has 2 rings (SSSR count). The molecule has 0 unspecified atom stereocenters. The van der Waals surface area contributed by atoms with Crippen LogP contribution in [-0.4, -0.2) is 11.4 Å². The van der Waals surface area contributed by atoms with Gasteiger partial charge in [-0.3, -0.25) is 4.79 Å². The van der Waals surface area contributed by atoms with Gasteiger partial charge in [0.1, 0.15) is 5.82 Å². The van der Waals surface area contributed by atoms with E-state index < -0.39 is 0 Å². The van der Waals surface area contributed by atoms with E-state index in [1.165, 1.54) is 31.1 Å². The second-order valence-corrected chi connectivity index (χ2v) is 5.14. The number of nitrogens with one attached hydrogen (secondary N) is 1. The first-order valence-electron chi connectivity index (χ1n) is 6.33. The first-order valence-corrected chi connectivity index (χ1v) is 6.33. The van der Waals surface area contributed by atoms with E-state index in [0.29, 0.717) is 0 Å². The Morgan fingerprint density at radius 3 is 2.50 bits per heavy atom. The topological polar surface area (TPSA) is 29.1 Å². The van der Waals surface area contributed by atoms with Crippen LogP contribution in [0.1, 0.15) is 38.2 Å². The fourth-order valence-corrected chi connectivity index (χ4v) is 2.37. The Hall–Kier alpha value is -1.64. The van der Waals surface area contributed by atoms with Gasteiger partial charge in [-0.15, -0.1) is 0 Å². The molecular formula is C15H18FNO. The van der Waals surface area contributed by atoms with Crippen molar-refractivity contribution in [3.63, 3.8) is 0 Å². The van der Waals surface area contributed by atoms with Gasteiger partial charge < -0.3 is 5.32 Å². The normalized spacial score (nSPS) is 18.1. The van der Waals surface area contributed by atoms with Crippen molar-refractivity contribution in [2.75, 3.05) is 0 Å². The Labute approximate surface area is 107 Å². The molecule has 0 saturated heterocycles. The lowest BCUT2D eigenvalue weighted by Gasteiger charge is -2.24. The fourth-order valence-electron chi connectivity index (χ4n) is 2.37. The number of halogens is 1. The molecular weight excluding hydrogens is 229 g/mol. The molecule has 1 aliphatic rings. The summed E-state index contributed by atoms with van der Waals surface area (Å²) in [5, 5.41) is 3.04. The number of hydrogen-bond donors (Lipinski definition) is 1. The van der Waals surface area contributed by atoms with Crippen molar-refractivity contribution >= 4 is 12.0 Å². The summed E-state index contributed by atoms with van der Waals surface area (Å²) in [5.41, 5.74) is 0.771. The molecule has 1 N–H and O–H groups in total. The first-order chi connectivity index (χ1) is 8.57. The van der Waals surface area contributed by atoms with Gasteiger partial charge in [-0.1, -0.05) is 25.0 Å². The quantitative estimate of drug-likeness (QED) is 0.816. The fraction of sp³-hybridized carbons (Fsp3) is 0.400. The van der Waals surface area contributed by atoms with Crippen LogP contribution in [-0.2, 0) is 4.79 Å². The molecule has 0 aliphatic heterocycles. The van der Waals surface area contributed by atoms with Gasteiger partial charge >= 0.3 is 0 Å². The van der Waals surface area contributed by atoms with Crippen LogP contribution in [0.2, 0.25) is 0 Å². The third-order valence-electron chi connectivity index (χ3n) is 3.43. The van der Waals surface area contributed by atoms with Crippen LogP contribution >= 0.6 is 0 Å². The molecule has 1 aromatic carbocycles. The molecule has 0 heterocycles. The molecule has 1 aromatic rings. The third-order valence-corrected chi connectivity index (χ3v) is 3.43. The molecule has 1 saturated carbocycles. The highest BCUT2D eigenvalue weighted by Gasteiger charge is 2.29. The molecule has 0 bridgehead atoms. The summed E-state index contributed by atoms with van der Waals surface area (Å²) < 4.78 is 12.7. The van der Waals surface area contributed by atoms with E-state index in [0.717, 1.165) is 18.4 Å². The Bertz CT molecular complexity index is 444. The van der Waals surface area contributed by atoms with Crippen LogP contribution in [0, 0.1) is 5.82 Å². The molecule has 2 nitrogen and oxygen atoms in total. The largest absolute Gasteiger partial charge is 0.347 e. The zero-order valence-electron chi connectivity index (χ0n) is 10.6. The molecule has 0 spiro atoms. The summed E-state index contributed by atoms with van der Waals surface area (Å²) in [6.45, 7) is 2.09. The summed E-state index contributed by atoms with van der Waals surface area (Å²) in [4.78, 5) is 11.8. The molecule has 3 heteroatoms. The van der Waals surface area contributed by atoms with Crippen LogP contribution in [0.4, 0.5) is 4.39 Å². The standard InChI is InChI=1S/C15H18FNO/c1-15(10-2-3-11-15)17-14(18)9-6-12-4-7-13(16)8-5-12/h4-9H,2-3,10-11H2,1H3,(H,17,18)/b9-6+. The van der Waals surface area contributed by atoms with Gasteiger partial charge in [0.15, 0.2) is 0 Å². The summed E-state index contributed by atoms with van der Waals surface area (Å²) in [6, 6.07) is 6.07. The molecule has 0 radical (unpaired) electrons. The molecule has 18 heavy (non-hydrogen) atoms. The molecule has 1 aliphatic carbocycles. The SMILES string of the molecule is CC1(NC(=O)/C=C/c2ccc(F)cc2)CCCC1. The van der Waals surface area contributed by atoms with E-state index in [1.54, 1.807) is 18.2 Å². The lowest BCUT2D eigenvalue weighted by molar-refractivity contribution is -0.118. The number of carbonyl (C=O) groups is 1. The number of hydrogen-bond acceptors (Lipinski definition) is 1. The Balaban J connectivity index is 1.92. The Morgan fingerprint density at radius 1 is 1.28 bits per heavy atom. The number of benzene rings is 1. The maximum absolute atomic E-state index is 12.7. The van der Waals surface area contributed by atoms with Gasteiger partial charge in [0.05, 0.1) is 0 Å². The molecule has 0 aromatic heterocycles. The van der Waals surface area contributed by atoms with Crippen molar-refractivity contribution in [2.45, 2.75) is 38.1 Å². The van der Waals surface area contributed by atoms with Crippen molar-refractivity contribution in [1.29, 1.82) is 0 Å². The summed E-state index contributed by atoms with van der Waals surface area (Å²) in [6.07, 6.45) is 7.66. The van der Waals surface area contributed by atoms with Gasteiger partial charge in [-0.05, 0) is 43.5 Å². The van der Waals surface area contributed by atoms with Gasteiger partial charge in [0.2, 0.25) is 5.91 Å². The van der Waals surface area contributed by atoms with Crippen molar-refractivity contribution in [3.8, 4) is 0 Å². The summed E-state index contributed by atoms with van der Waals surface area (Å²) in [5.74, 6) is -0.348. The van der Waals surface area contributed by atoms with Gasteiger partial charge in [0.25, 0.3) is 0 Å². The van der Waals surface area contributed by atoms with Crippen molar-refractivity contribution in [2.24, 2.45) is 0 Å². The van der Waals surface area contributed by atoms with E-state index in [9.17, 15) is 9.18 Å². The first kappa shape index (κ1) is 12.8. The van der Waals surface area contributed by atoms with Crippen LogP contribution in [0.15, 0.2) is 30.3 Å². The van der Waals surface area contributed by atoms with Gasteiger partial charge in [-0.25, -0.2) is 4.39 Å². The van der Waals surface area contributed by atoms with Crippen LogP contribution in [0.3, 0.4) is 0 Å². The molecule has 1 amide bonds. The highest BCUT2D eigenvalue weighted by Crippen LogP contribution is 2.28.